The third-order valence-corrected chi connectivity index (χ3v) is 11.9. The SMILES string of the molecule is C=C(C)C(=O)CCCCc1cc(-c2ccc(C3C=CC(CC)CC3)cc2)cc(CCCCC(=O)C(=C)C)c1CCCC(CC)(CC)CCCC. The van der Waals surface area contributed by atoms with Gasteiger partial charge in [0.1, 0.15) is 0 Å². The molecular formula is C48H70O2. The van der Waals surface area contributed by atoms with E-state index in [0.29, 0.717) is 35.3 Å². The Morgan fingerprint density at radius 3 is 1.70 bits per heavy atom. The minimum absolute atomic E-state index is 0.185. The Kier molecular flexibility index (Phi) is 17.7. The molecule has 2 nitrogen and oxygen atoms in total. The highest BCUT2D eigenvalue weighted by atomic mass is 16.1. The smallest absolute Gasteiger partial charge is 0.157 e. The molecule has 2 aromatic carbocycles. The second kappa shape index (κ2) is 21.4. The molecule has 0 N–H and O–H groups in total. The molecule has 0 amide bonds. The number of unbranched alkanes of at least 4 members (excludes halogenated alkanes) is 3. The van der Waals surface area contributed by atoms with Crippen LogP contribution in [0.25, 0.3) is 11.1 Å². The molecule has 3 rings (SSSR count). The number of Topliss-reactive ketones (excluding diaryl/α,β-unsaturated/α-hetero) is 2. The summed E-state index contributed by atoms with van der Waals surface area (Å²) in [5.74, 6) is 1.62. The van der Waals surface area contributed by atoms with Gasteiger partial charge in [0.2, 0.25) is 0 Å². The second-order valence-corrected chi connectivity index (χ2v) is 15.6. The maximum absolute atomic E-state index is 12.4. The van der Waals surface area contributed by atoms with Crippen molar-refractivity contribution in [2.75, 3.05) is 0 Å². The molecule has 2 unspecified atom stereocenters. The Balaban J connectivity index is 1.95. The standard InChI is InChI=1S/C48H70O2/c1-9-13-32-48(11-3,12-4)33-18-21-45-42(19-14-16-22-46(49)36(5)6)34-44(35-43(45)20-15-17-23-47(50)37(7)8)41-30-28-40(29-31-41)39-26-24-38(10-2)25-27-39/h24,26,28-31,34-35,38-39H,5,7,9-23,25,27,32-33H2,1-4,6,8H3. The van der Waals surface area contributed by atoms with Gasteiger partial charge in [0, 0.05) is 18.8 Å². The fourth-order valence-electron chi connectivity index (χ4n) is 8.05. The molecule has 2 atom stereocenters. The fraction of sp³-hybridized carbons (Fsp3) is 0.583. The first-order chi connectivity index (χ1) is 24.1. The van der Waals surface area contributed by atoms with Crippen molar-refractivity contribution in [3.8, 4) is 11.1 Å². The van der Waals surface area contributed by atoms with Crippen LogP contribution in [-0.4, -0.2) is 11.6 Å². The van der Waals surface area contributed by atoms with Gasteiger partial charge in [-0.05, 0) is 153 Å². The van der Waals surface area contributed by atoms with Crippen LogP contribution in [0, 0.1) is 11.3 Å². The summed E-state index contributed by atoms with van der Waals surface area (Å²) in [6.07, 6.45) is 25.5. The topological polar surface area (TPSA) is 34.1 Å². The zero-order valence-corrected chi connectivity index (χ0v) is 32.9. The van der Waals surface area contributed by atoms with Crippen LogP contribution in [0.5, 0.6) is 0 Å². The van der Waals surface area contributed by atoms with Gasteiger partial charge in [-0.1, -0.05) is 115 Å². The summed E-state index contributed by atoms with van der Waals surface area (Å²) in [6, 6.07) is 14.3. The molecule has 0 spiro atoms. The van der Waals surface area contributed by atoms with Gasteiger partial charge in [-0.15, -0.1) is 0 Å². The minimum Gasteiger partial charge on any atom is -0.295 e. The van der Waals surface area contributed by atoms with Crippen LogP contribution in [0.2, 0.25) is 0 Å². The van der Waals surface area contributed by atoms with Crippen LogP contribution >= 0.6 is 0 Å². The van der Waals surface area contributed by atoms with Gasteiger partial charge in [-0.3, -0.25) is 9.59 Å². The molecule has 0 heterocycles. The molecule has 0 aromatic heterocycles. The summed E-state index contributed by atoms with van der Waals surface area (Å²) in [4.78, 5) is 24.7. The third kappa shape index (κ3) is 12.6. The summed E-state index contributed by atoms with van der Waals surface area (Å²) < 4.78 is 0. The molecule has 50 heavy (non-hydrogen) atoms. The van der Waals surface area contributed by atoms with E-state index in [1.165, 1.54) is 97.6 Å². The van der Waals surface area contributed by atoms with E-state index in [0.717, 1.165) is 50.9 Å². The van der Waals surface area contributed by atoms with E-state index < -0.39 is 0 Å². The van der Waals surface area contributed by atoms with Crippen molar-refractivity contribution in [3.05, 3.63) is 95.1 Å². The fourth-order valence-corrected chi connectivity index (χ4v) is 8.05. The predicted octanol–water partition coefficient (Wildman–Crippen LogP) is 13.8. The van der Waals surface area contributed by atoms with E-state index in [4.69, 9.17) is 0 Å². The Morgan fingerprint density at radius 2 is 1.24 bits per heavy atom. The number of carbonyl (C=O) groups excluding carboxylic acids is 2. The predicted molar refractivity (Wildman–Crippen MR) is 217 cm³/mol. The first-order valence-electron chi connectivity index (χ1n) is 20.4. The van der Waals surface area contributed by atoms with Crippen molar-refractivity contribution in [2.24, 2.45) is 11.3 Å². The zero-order chi connectivity index (χ0) is 36.5. The zero-order valence-electron chi connectivity index (χ0n) is 32.9. The van der Waals surface area contributed by atoms with Crippen LogP contribution in [-0.2, 0) is 28.9 Å². The summed E-state index contributed by atoms with van der Waals surface area (Å²) in [6.45, 7) is 20.8. The van der Waals surface area contributed by atoms with Gasteiger partial charge in [-0.25, -0.2) is 0 Å². The number of hydrogen-bond acceptors (Lipinski definition) is 2. The molecule has 1 aliphatic carbocycles. The maximum Gasteiger partial charge on any atom is 0.157 e. The van der Waals surface area contributed by atoms with Crippen molar-refractivity contribution < 1.29 is 9.59 Å². The Hall–Kier alpha value is -3.00. The van der Waals surface area contributed by atoms with Gasteiger partial charge in [0.15, 0.2) is 11.6 Å². The molecule has 0 saturated carbocycles. The van der Waals surface area contributed by atoms with Crippen molar-refractivity contribution in [2.45, 2.75) is 169 Å². The van der Waals surface area contributed by atoms with E-state index in [2.05, 4.69) is 89.4 Å². The highest BCUT2D eigenvalue weighted by molar-refractivity contribution is 5.94. The van der Waals surface area contributed by atoms with Gasteiger partial charge in [-0.2, -0.15) is 0 Å². The minimum atomic E-state index is 0.185. The Bertz CT molecular complexity index is 1360. The monoisotopic (exact) mass is 679 g/mol. The second-order valence-electron chi connectivity index (χ2n) is 15.6. The molecule has 0 saturated heterocycles. The largest absolute Gasteiger partial charge is 0.295 e. The Labute approximate surface area is 307 Å². The van der Waals surface area contributed by atoms with Gasteiger partial charge in [0.25, 0.3) is 0 Å². The first-order valence-corrected chi connectivity index (χ1v) is 20.4. The molecular weight excluding hydrogens is 609 g/mol. The van der Waals surface area contributed by atoms with E-state index in [1.54, 1.807) is 0 Å². The molecule has 1 aliphatic rings. The number of ketones is 2. The molecule has 0 bridgehead atoms. The highest BCUT2D eigenvalue weighted by Crippen LogP contribution is 2.39. The number of hydrogen-bond donors (Lipinski definition) is 0. The maximum atomic E-state index is 12.4. The van der Waals surface area contributed by atoms with E-state index in [1.807, 2.05) is 13.8 Å². The van der Waals surface area contributed by atoms with E-state index in [9.17, 15) is 9.59 Å². The van der Waals surface area contributed by atoms with Crippen LogP contribution < -0.4 is 0 Å². The average Bonchev–Trinajstić information content (AvgIpc) is 3.13. The summed E-state index contributed by atoms with van der Waals surface area (Å²) in [7, 11) is 0. The number of rotatable bonds is 24. The number of benzene rings is 2. The highest BCUT2D eigenvalue weighted by Gasteiger charge is 2.25. The number of aryl methyl sites for hydroxylation is 2. The molecule has 2 heteroatoms. The lowest BCUT2D eigenvalue weighted by Crippen LogP contribution is -2.19. The van der Waals surface area contributed by atoms with E-state index >= 15 is 0 Å². The number of allylic oxidation sites excluding steroid dienone is 4. The third-order valence-electron chi connectivity index (χ3n) is 11.9. The van der Waals surface area contributed by atoms with Gasteiger partial charge in [0.05, 0.1) is 0 Å². The first kappa shape index (κ1) is 41.4. The lowest BCUT2D eigenvalue weighted by Gasteiger charge is -2.32. The van der Waals surface area contributed by atoms with Crippen molar-refractivity contribution in [1.29, 1.82) is 0 Å². The lowest BCUT2D eigenvalue weighted by atomic mass is 9.73. The summed E-state index contributed by atoms with van der Waals surface area (Å²) in [5.41, 5.74) is 10.2. The lowest BCUT2D eigenvalue weighted by molar-refractivity contribution is -0.116. The Morgan fingerprint density at radius 1 is 0.680 bits per heavy atom. The molecule has 2 aromatic rings. The van der Waals surface area contributed by atoms with Crippen molar-refractivity contribution in [1.82, 2.24) is 0 Å². The summed E-state index contributed by atoms with van der Waals surface area (Å²) in [5, 5.41) is 0. The van der Waals surface area contributed by atoms with Crippen LogP contribution in [0.1, 0.15) is 172 Å². The molecule has 274 valence electrons. The molecule has 0 fully saturated rings. The van der Waals surface area contributed by atoms with Gasteiger partial charge < -0.3 is 0 Å². The summed E-state index contributed by atoms with van der Waals surface area (Å²) >= 11 is 0. The van der Waals surface area contributed by atoms with Gasteiger partial charge >= 0.3 is 0 Å². The van der Waals surface area contributed by atoms with Crippen molar-refractivity contribution in [3.63, 3.8) is 0 Å². The quantitative estimate of drug-likeness (QED) is 0.0629. The number of carbonyl (C=O) groups is 2. The molecule has 0 aliphatic heterocycles. The van der Waals surface area contributed by atoms with Crippen LogP contribution in [0.4, 0.5) is 0 Å². The van der Waals surface area contributed by atoms with Crippen molar-refractivity contribution >= 4 is 11.6 Å². The average molecular weight is 679 g/mol. The normalized spacial score (nSPS) is 16.0. The van der Waals surface area contributed by atoms with Crippen LogP contribution in [0.15, 0.2) is 72.9 Å². The van der Waals surface area contributed by atoms with E-state index in [-0.39, 0.29) is 11.6 Å². The van der Waals surface area contributed by atoms with Crippen LogP contribution in [0.3, 0.4) is 0 Å². The molecule has 0 radical (unpaired) electrons.